The van der Waals surface area contributed by atoms with Crippen LogP contribution in [0.2, 0.25) is 0 Å². The van der Waals surface area contributed by atoms with Crippen molar-refractivity contribution in [1.82, 2.24) is 4.98 Å². The van der Waals surface area contributed by atoms with Crippen LogP contribution in [-0.4, -0.2) is 23.3 Å². The van der Waals surface area contributed by atoms with Crippen molar-refractivity contribution in [3.63, 3.8) is 0 Å². The standard InChI is InChI=1S/C29H25NO5/c1-3-33-27(32)17-16-26(31)28-29(34-19-21-10-6-4-7-11-21)24-15-14-23(18-25(24)20(2)30-28)35-22-12-8-5-9-13-22/h4-18H,3,19H2,1-2H3/b17-16+. The lowest BCUT2D eigenvalue weighted by Gasteiger charge is -2.15. The van der Waals surface area contributed by atoms with Crippen molar-refractivity contribution >= 4 is 22.5 Å². The van der Waals surface area contributed by atoms with E-state index in [4.69, 9.17) is 14.2 Å². The number of para-hydroxylation sites is 1. The van der Waals surface area contributed by atoms with Gasteiger partial charge in [0.1, 0.15) is 18.1 Å². The molecule has 0 radical (unpaired) electrons. The summed E-state index contributed by atoms with van der Waals surface area (Å²) in [5.41, 5.74) is 1.72. The van der Waals surface area contributed by atoms with E-state index in [-0.39, 0.29) is 18.9 Å². The first-order chi connectivity index (χ1) is 17.0. The van der Waals surface area contributed by atoms with Gasteiger partial charge in [-0.05, 0) is 55.8 Å². The van der Waals surface area contributed by atoms with Gasteiger partial charge in [0.25, 0.3) is 0 Å². The van der Waals surface area contributed by atoms with E-state index in [2.05, 4.69) is 4.98 Å². The Morgan fingerprint density at radius 3 is 2.29 bits per heavy atom. The Kier molecular flexibility index (Phi) is 7.53. The quantitative estimate of drug-likeness (QED) is 0.165. The van der Waals surface area contributed by atoms with Gasteiger partial charge in [0, 0.05) is 22.5 Å². The maximum Gasteiger partial charge on any atom is 0.330 e. The molecule has 0 atom stereocenters. The lowest BCUT2D eigenvalue weighted by molar-refractivity contribution is -0.137. The van der Waals surface area contributed by atoms with Crippen LogP contribution in [0.1, 0.15) is 28.7 Å². The van der Waals surface area contributed by atoms with E-state index in [0.717, 1.165) is 28.5 Å². The highest BCUT2D eigenvalue weighted by atomic mass is 16.5. The number of carbonyl (C=O) groups is 2. The van der Waals surface area contributed by atoms with Crippen LogP contribution in [0.15, 0.2) is 91.0 Å². The molecule has 0 aliphatic heterocycles. The van der Waals surface area contributed by atoms with Crippen LogP contribution in [0, 0.1) is 6.92 Å². The lowest BCUT2D eigenvalue weighted by atomic mass is 10.0. The van der Waals surface area contributed by atoms with Crippen molar-refractivity contribution in [3.8, 4) is 17.2 Å². The first kappa shape index (κ1) is 23.7. The summed E-state index contributed by atoms with van der Waals surface area (Å²) in [5.74, 6) is 0.667. The SMILES string of the molecule is CCOC(=O)/C=C/C(=O)c1nc(C)c2cc(Oc3ccccc3)ccc2c1OCc1ccccc1. The number of pyridine rings is 1. The molecule has 0 aliphatic carbocycles. The summed E-state index contributed by atoms with van der Waals surface area (Å²) in [6.07, 6.45) is 2.26. The smallest absolute Gasteiger partial charge is 0.330 e. The Labute approximate surface area is 203 Å². The summed E-state index contributed by atoms with van der Waals surface area (Å²) in [4.78, 5) is 29.3. The molecule has 176 valence electrons. The van der Waals surface area contributed by atoms with Crippen LogP contribution in [0.4, 0.5) is 0 Å². The molecular formula is C29H25NO5. The van der Waals surface area contributed by atoms with Crippen molar-refractivity contribution in [1.29, 1.82) is 0 Å². The molecule has 1 aromatic heterocycles. The van der Waals surface area contributed by atoms with Gasteiger partial charge < -0.3 is 14.2 Å². The molecule has 6 nitrogen and oxygen atoms in total. The van der Waals surface area contributed by atoms with Crippen LogP contribution < -0.4 is 9.47 Å². The van der Waals surface area contributed by atoms with E-state index >= 15 is 0 Å². The van der Waals surface area contributed by atoms with Crippen molar-refractivity contribution < 1.29 is 23.8 Å². The van der Waals surface area contributed by atoms with E-state index in [1.165, 1.54) is 0 Å². The minimum Gasteiger partial charge on any atom is -0.486 e. The zero-order valence-electron chi connectivity index (χ0n) is 19.6. The average molecular weight is 468 g/mol. The fourth-order valence-electron chi connectivity index (χ4n) is 3.57. The molecule has 0 unspecified atom stereocenters. The second-order valence-corrected chi connectivity index (χ2v) is 7.72. The van der Waals surface area contributed by atoms with Crippen LogP contribution in [-0.2, 0) is 16.1 Å². The molecular weight excluding hydrogens is 442 g/mol. The van der Waals surface area contributed by atoms with Crippen LogP contribution in [0.3, 0.4) is 0 Å². The highest BCUT2D eigenvalue weighted by Crippen LogP contribution is 2.35. The van der Waals surface area contributed by atoms with Crippen LogP contribution in [0.5, 0.6) is 17.2 Å². The third-order valence-corrected chi connectivity index (χ3v) is 5.22. The van der Waals surface area contributed by atoms with Gasteiger partial charge in [0.05, 0.1) is 6.61 Å². The Hall–Kier alpha value is -4.45. The number of aromatic nitrogens is 1. The van der Waals surface area contributed by atoms with E-state index in [1.54, 1.807) is 6.92 Å². The van der Waals surface area contributed by atoms with Gasteiger partial charge in [-0.25, -0.2) is 9.78 Å². The fraction of sp³-hybridized carbons (Fsp3) is 0.138. The number of allylic oxidation sites excluding steroid dienone is 1. The normalized spacial score (nSPS) is 10.9. The summed E-state index contributed by atoms with van der Waals surface area (Å²) < 4.78 is 17.0. The molecule has 3 aromatic carbocycles. The van der Waals surface area contributed by atoms with Crippen molar-refractivity contribution in [2.45, 2.75) is 20.5 Å². The fourth-order valence-corrected chi connectivity index (χ4v) is 3.57. The molecule has 0 bridgehead atoms. The second-order valence-electron chi connectivity index (χ2n) is 7.72. The summed E-state index contributed by atoms with van der Waals surface area (Å²) in [6, 6.07) is 24.7. The topological polar surface area (TPSA) is 74.7 Å². The Balaban J connectivity index is 1.74. The Morgan fingerprint density at radius 2 is 1.57 bits per heavy atom. The average Bonchev–Trinajstić information content (AvgIpc) is 2.88. The molecule has 0 fully saturated rings. The van der Waals surface area contributed by atoms with E-state index in [1.807, 2.05) is 85.8 Å². The number of nitrogens with zero attached hydrogens (tertiary/aromatic N) is 1. The maximum atomic E-state index is 13.0. The van der Waals surface area contributed by atoms with Gasteiger partial charge in [0.15, 0.2) is 11.4 Å². The molecule has 35 heavy (non-hydrogen) atoms. The number of aryl methyl sites for hydroxylation is 1. The predicted molar refractivity (Wildman–Crippen MR) is 134 cm³/mol. The molecule has 4 rings (SSSR count). The third kappa shape index (κ3) is 5.92. The number of hydrogen-bond acceptors (Lipinski definition) is 6. The Morgan fingerprint density at radius 1 is 0.857 bits per heavy atom. The zero-order chi connectivity index (χ0) is 24.6. The molecule has 0 aliphatic rings. The molecule has 0 saturated carbocycles. The molecule has 4 aromatic rings. The number of fused-ring (bicyclic) bond motifs is 1. The minimum atomic E-state index is -0.590. The minimum absolute atomic E-state index is 0.128. The molecule has 0 N–H and O–H groups in total. The summed E-state index contributed by atoms with van der Waals surface area (Å²) in [6.45, 7) is 4.00. The summed E-state index contributed by atoms with van der Waals surface area (Å²) in [7, 11) is 0. The number of ketones is 1. The van der Waals surface area contributed by atoms with Gasteiger partial charge in [-0.1, -0.05) is 48.5 Å². The van der Waals surface area contributed by atoms with Gasteiger partial charge in [-0.15, -0.1) is 0 Å². The molecule has 0 spiro atoms. The van der Waals surface area contributed by atoms with Crippen LogP contribution >= 0.6 is 0 Å². The molecule has 0 saturated heterocycles. The maximum absolute atomic E-state index is 13.0. The number of hydrogen-bond donors (Lipinski definition) is 0. The number of esters is 1. The largest absolute Gasteiger partial charge is 0.486 e. The van der Waals surface area contributed by atoms with Gasteiger partial charge in [-0.3, -0.25) is 4.79 Å². The number of benzene rings is 3. The van der Waals surface area contributed by atoms with Crippen molar-refractivity contribution in [2.75, 3.05) is 6.61 Å². The zero-order valence-corrected chi connectivity index (χ0v) is 19.6. The van der Waals surface area contributed by atoms with Gasteiger partial charge in [0.2, 0.25) is 5.78 Å². The lowest BCUT2D eigenvalue weighted by Crippen LogP contribution is -2.08. The Bertz CT molecular complexity index is 1360. The number of ether oxygens (including phenoxy) is 3. The first-order valence-corrected chi connectivity index (χ1v) is 11.3. The molecule has 6 heteroatoms. The van der Waals surface area contributed by atoms with Crippen molar-refractivity contribution in [2.24, 2.45) is 0 Å². The van der Waals surface area contributed by atoms with E-state index in [9.17, 15) is 9.59 Å². The second kappa shape index (κ2) is 11.1. The third-order valence-electron chi connectivity index (χ3n) is 5.22. The number of rotatable bonds is 9. The van der Waals surface area contributed by atoms with Gasteiger partial charge in [-0.2, -0.15) is 0 Å². The summed E-state index contributed by atoms with van der Waals surface area (Å²) in [5, 5.41) is 1.52. The highest BCUT2D eigenvalue weighted by molar-refractivity contribution is 6.10. The monoisotopic (exact) mass is 467 g/mol. The predicted octanol–water partition coefficient (Wildman–Crippen LogP) is 6.22. The number of carbonyl (C=O) groups excluding carboxylic acids is 2. The van der Waals surface area contributed by atoms with Gasteiger partial charge >= 0.3 is 5.97 Å². The summed E-state index contributed by atoms with van der Waals surface area (Å²) >= 11 is 0. The van der Waals surface area contributed by atoms with E-state index < -0.39 is 11.8 Å². The molecule has 0 amide bonds. The van der Waals surface area contributed by atoms with Crippen LogP contribution in [0.25, 0.3) is 10.8 Å². The highest BCUT2D eigenvalue weighted by Gasteiger charge is 2.19. The van der Waals surface area contributed by atoms with E-state index in [0.29, 0.717) is 22.9 Å². The van der Waals surface area contributed by atoms with Crippen molar-refractivity contribution in [3.05, 3.63) is 108 Å². The first-order valence-electron chi connectivity index (χ1n) is 11.3. The molecule has 1 heterocycles.